The second-order valence-electron chi connectivity index (χ2n) is 5.68. The Kier molecular flexibility index (Phi) is 6.25. The zero-order valence-electron chi connectivity index (χ0n) is 14.9. The summed E-state index contributed by atoms with van der Waals surface area (Å²) in [5.41, 5.74) is 1.39. The number of aryl methyl sites for hydroxylation is 1. The number of benzene rings is 1. The fraction of sp³-hybridized carbons (Fsp3) is 0.278. The summed E-state index contributed by atoms with van der Waals surface area (Å²) in [5, 5.41) is 11.8. The van der Waals surface area contributed by atoms with Gasteiger partial charge in [0.15, 0.2) is 11.0 Å². The lowest BCUT2D eigenvalue weighted by Gasteiger charge is -2.09. The maximum absolute atomic E-state index is 12.9. The van der Waals surface area contributed by atoms with E-state index in [0.29, 0.717) is 29.8 Å². The van der Waals surface area contributed by atoms with E-state index in [0.717, 1.165) is 11.3 Å². The van der Waals surface area contributed by atoms with Gasteiger partial charge in [-0.15, -0.1) is 10.2 Å². The van der Waals surface area contributed by atoms with Crippen molar-refractivity contribution in [1.82, 2.24) is 14.8 Å². The Morgan fingerprint density at radius 1 is 1.30 bits per heavy atom. The summed E-state index contributed by atoms with van der Waals surface area (Å²) in [6.07, 6.45) is 1.60. The first-order chi connectivity index (χ1) is 13.1. The van der Waals surface area contributed by atoms with Crippen LogP contribution in [0.2, 0.25) is 0 Å². The first-order valence-corrected chi connectivity index (χ1v) is 9.22. The number of carbonyl (C=O) groups is 1. The highest BCUT2D eigenvalue weighted by molar-refractivity contribution is 7.99. The molecule has 0 fully saturated rings. The van der Waals surface area contributed by atoms with Crippen molar-refractivity contribution >= 4 is 23.4 Å². The average molecular weight is 390 g/mol. The number of halogens is 1. The highest BCUT2D eigenvalue weighted by Gasteiger charge is 2.18. The van der Waals surface area contributed by atoms with Crippen LogP contribution in [0.4, 0.5) is 10.1 Å². The molecule has 2 aromatic heterocycles. The van der Waals surface area contributed by atoms with Crippen LogP contribution >= 0.6 is 11.8 Å². The minimum atomic E-state index is -0.351. The first kappa shape index (κ1) is 19.1. The standard InChI is InChI=1S/C18H19FN4O3S/c1-12-15(7-9-26-12)17-21-22-18(23(17)8-10-25-2)27-11-16(24)20-14-5-3-13(19)4-6-14/h3-7,9H,8,10-11H2,1-2H3,(H,20,24). The zero-order chi connectivity index (χ0) is 19.2. The van der Waals surface area contributed by atoms with Gasteiger partial charge >= 0.3 is 0 Å². The van der Waals surface area contributed by atoms with Gasteiger partial charge in [-0.2, -0.15) is 0 Å². The van der Waals surface area contributed by atoms with Crippen molar-refractivity contribution in [2.45, 2.75) is 18.6 Å². The van der Waals surface area contributed by atoms with Crippen molar-refractivity contribution in [3.8, 4) is 11.4 Å². The van der Waals surface area contributed by atoms with Crippen molar-refractivity contribution in [2.75, 3.05) is 24.8 Å². The lowest BCUT2D eigenvalue weighted by molar-refractivity contribution is -0.113. The number of hydrogen-bond acceptors (Lipinski definition) is 6. The largest absolute Gasteiger partial charge is 0.469 e. The van der Waals surface area contributed by atoms with E-state index in [1.165, 1.54) is 36.0 Å². The van der Waals surface area contributed by atoms with E-state index in [2.05, 4.69) is 15.5 Å². The SMILES string of the molecule is COCCn1c(SCC(=O)Nc2ccc(F)cc2)nnc1-c1ccoc1C. The summed E-state index contributed by atoms with van der Waals surface area (Å²) < 4.78 is 25.4. The molecular formula is C18H19FN4O3S. The van der Waals surface area contributed by atoms with Gasteiger partial charge < -0.3 is 14.5 Å². The van der Waals surface area contributed by atoms with Gasteiger partial charge in [-0.05, 0) is 37.3 Å². The number of nitrogens with one attached hydrogen (secondary N) is 1. The Morgan fingerprint density at radius 2 is 2.07 bits per heavy atom. The van der Waals surface area contributed by atoms with Gasteiger partial charge in [0.05, 0.1) is 30.7 Å². The van der Waals surface area contributed by atoms with Crippen LogP contribution in [0.15, 0.2) is 46.2 Å². The molecule has 1 N–H and O–H groups in total. The second kappa shape index (κ2) is 8.83. The number of rotatable bonds is 8. The predicted molar refractivity (Wildman–Crippen MR) is 100 cm³/mol. The van der Waals surface area contributed by atoms with E-state index in [1.807, 2.05) is 17.6 Å². The molecule has 2 heterocycles. The summed E-state index contributed by atoms with van der Waals surface area (Å²) in [4.78, 5) is 12.2. The van der Waals surface area contributed by atoms with Crippen LogP contribution in [-0.4, -0.2) is 40.1 Å². The molecule has 0 spiro atoms. The summed E-state index contributed by atoms with van der Waals surface area (Å²) >= 11 is 1.27. The molecule has 0 aliphatic heterocycles. The average Bonchev–Trinajstić information content (AvgIpc) is 3.25. The number of hydrogen-bond donors (Lipinski definition) is 1. The van der Waals surface area contributed by atoms with Gasteiger partial charge in [-0.1, -0.05) is 11.8 Å². The topological polar surface area (TPSA) is 82.2 Å². The predicted octanol–water partition coefficient (Wildman–Crippen LogP) is 3.36. The quantitative estimate of drug-likeness (QED) is 0.594. The lowest BCUT2D eigenvalue weighted by Crippen LogP contribution is -2.15. The molecule has 0 aliphatic rings. The maximum Gasteiger partial charge on any atom is 0.234 e. The second-order valence-corrected chi connectivity index (χ2v) is 6.63. The maximum atomic E-state index is 12.9. The molecule has 9 heteroatoms. The normalized spacial score (nSPS) is 10.9. The molecule has 27 heavy (non-hydrogen) atoms. The van der Waals surface area contributed by atoms with E-state index >= 15 is 0 Å². The molecule has 142 valence electrons. The van der Waals surface area contributed by atoms with E-state index in [1.54, 1.807) is 13.4 Å². The van der Waals surface area contributed by atoms with Gasteiger partial charge in [0.25, 0.3) is 0 Å². The number of methoxy groups -OCH3 is 1. The van der Waals surface area contributed by atoms with Gasteiger partial charge in [0.1, 0.15) is 11.6 Å². The van der Waals surface area contributed by atoms with Crippen LogP contribution < -0.4 is 5.32 Å². The molecule has 0 bridgehead atoms. The molecule has 0 saturated heterocycles. The number of ether oxygens (including phenoxy) is 1. The number of aromatic nitrogens is 3. The number of nitrogens with zero attached hydrogens (tertiary/aromatic N) is 3. The molecule has 0 radical (unpaired) electrons. The van der Waals surface area contributed by atoms with E-state index < -0.39 is 0 Å². The monoisotopic (exact) mass is 390 g/mol. The molecule has 1 aromatic carbocycles. The van der Waals surface area contributed by atoms with Crippen molar-refractivity contribution < 1.29 is 18.3 Å². The number of carbonyl (C=O) groups excluding carboxylic acids is 1. The van der Waals surface area contributed by atoms with Crippen LogP contribution in [0.3, 0.4) is 0 Å². The zero-order valence-corrected chi connectivity index (χ0v) is 15.8. The highest BCUT2D eigenvalue weighted by atomic mass is 32.2. The van der Waals surface area contributed by atoms with Crippen molar-refractivity contribution in [3.63, 3.8) is 0 Å². The smallest absolute Gasteiger partial charge is 0.234 e. The minimum absolute atomic E-state index is 0.146. The molecular weight excluding hydrogens is 371 g/mol. The summed E-state index contributed by atoms with van der Waals surface area (Å²) in [5.74, 6) is 0.989. The third kappa shape index (κ3) is 4.75. The number of anilines is 1. The van der Waals surface area contributed by atoms with Crippen LogP contribution in [0.5, 0.6) is 0 Å². The van der Waals surface area contributed by atoms with E-state index in [9.17, 15) is 9.18 Å². The van der Waals surface area contributed by atoms with Gasteiger partial charge in [0.2, 0.25) is 5.91 Å². The summed E-state index contributed by atoms with van der Waals surface area (Å²) in [7, 11) is 1.62. The molecule has 0 atom stereocenters. The molecule has 7 nitrogen and oxygen atoms in total. The Labute approximate surface area is 159 Å². The first-order valence-electron chi connectivity index (χ1n) is 8.23. The number of thioether (sulfide) groups is 1. The lowest BCUT2D eigenvalue weighted by atomic mass is 10.2. The van der Waals surface area contributed by atoms with Gasteiger partial charge in [0, 0.05) is 12.8 Å². The fourth-order valence-electron chi connectivity index (χ4n) is 2.46. The molecule has 0 unspecified atom stereocenters. The molecule has 3 rings (SSSR count). The van der Waals surface area contributed by atoms with Crippen molar-refractivity contribution in [3.05, 3.63) is 48.2 Å². The third-order valence-corrected chi connectivity index (χ3v) is 4.76. The Hall–Kier alpha value is -2.65. The van der Waals surface area contributed by atoms with Crippen LogP contribution in [-0.2, 0) is 16.1 Å². The molecule has 0 aliphatic carbocycles. The highest BCUT2D eigenvalue weighted by Crippen LogP contribution is 2.27. The molecule has 1 amide bonds. The number of amides is 1. The Morgan fingerprint density at radius 3 is 2.74 bits per heavy atom. The van der Waals surface area contributed by atoms with Crippen LogP contribution in [0.25, 0.3) is 11.4 Å². The van der Waals surface area contributed by atoms with Crippen LogP contribution in [0.1, 0.15) is 5.76 Å². The molecule has 3 aromatic rings. The van der Waals surface area contributed by atoms with Crippen molar-refractivity contribution in [1.29, 1.82) is 0 Å². The van der Waals surface area contributed by atoms with Gasteiger partial charge in [-0.3, -0.25) is 9.36 Å². The van der Waals surface area contributed by atoms with E-state index in [-0.39, 0.29) is 17.5 Å². The van der Waals surface area contributed by atoms with Crippen molar-refractivity contribution in [2.24, 2.45) is 0 Å². The summed E-state index contributed by atoms with van der Waals surface area (Å²) in [6, 6.07) is 7.45. The van der Waals surface area contributed by atoms with Crippen LogP contribution in [0, 0.1) is 12.7 Å². The molecule has 0 saturated carbocycles. The Bertz CT molecular complexity index is 908. The third-order valence-electron chi connectivity index (χ3n) is 3.80. The van der Waals surface area contributed by atoms with Gasteiger partial charge in [-0.25, -0.2) is 4.39 Å². The fourth-order valence-corrected chi connectivity index (χ4v) is 3.22. The Balaban J connectivity index is 1.70. The van der Waals surface area contributed by atoms with E-state index in [4.69, 9.17) is 9.15 Å². The summed E-state index contributed by atoms with van der Waals surface area (Å²) in [6.45, 7) is 2.89. The number of furan rings is 1. The minimum Gasteiger partial charge on any atom is -0.469 e.